The Kier molecular flexibility index (Phi) is 4.26. The van der Waals surface area contributed by atoms with E-state index in [0.717, 1.165) is 6.20 Å². The van der Waals surface area contributed by atoms with Gasteiger partial charge in [0.05, 0.1) is 11.5 Å². The summed E-state index contributed by atoms with van der Waals surface area (Å²) in [5.74, 6) is 0.0464. The highest BCUT2D eigenvalue weighted by Gasteiger charge is 2.18. The fraction of sp³-hybridized carbons (Fsp3) is 0.375. The van der Waals surface area contributed by atoms with Crippen LogP contribution in [0.3, 0.4) is 0 Å². The van der Waals surface area contributed by atoms with Crippen molar-refractivity contribution in [2.75, 3.05) is 13.2 Å². The van der Waals surface area contributed by atoms with Crippen LogP contribution in [-0.4, -0.2) is 23.1 Å². The van der Waals surface area contributed by atoms with Crippen molar-refractivity contribution in [2.45, 2.75) is 6.42 Å². The van der Waals surface area contributed by atoms with Gasteiger partial charge in [0, 0.05) is 6.20 Å². The number of hydrogen-bond donors (Lipinski definition) is 1. The lowest BCUT2D eigenvalue weighted by molar-refractivity contribution is -0.386. The molecule has 0 aliphatic heterocycles. The van der Waals surface area contributed by atoms with Crippen LogP contribution >= 0.6 is 11.6 Å². The largest absolute Gasteiger partial charge is 0.486 e. The van der Waals surface area contributed by atoms with Gasteiger partial charge in [0.1, 0.15) is 11.2 Å². The lowest BCUT2D eigenvalue weighted by atomic mass is 10.4. The third-order valence-electron chi connectivity index (χ3n) is 1.63. The Morgan fingerprint density at radius 2 is 2.33 bits per heavy atom. The number of nitrogens with zero attached hydrogens (tertiary/aromatic N) is 2. The summed E-state index contributed by atoms with van der Waals surface area (Å²) in [6, 6.07) is 0. The summed E-state index contributed by atoms with van der Waals surface area (Å²) < 4.78 is 5.18. The van der Waals surface area contributed by atoms with E-state index < -0.39 is 4.92 Å². The first kappa shape index (κ1) is 11.7. The number of ether oxygens (including phenoxy) is 1. The summed E-state index contributed by atoms with van der Waals surface area (Å²) in [5.41, 5.74) is 5.03. The van der Waals surface area contributed by atoms with Crippen LogP contribution < -0.4 is 10.5 Å². The van der Waals surface area contributed by atoms with Crippen molar-refractivity contribution in [3.63, 3.8) is 0 Å². The molecular weight excluding hydrogens is 222 g/mol. The first-order valence-corrected chi connectivity index (χ1v) is 4.65. The number of hydrogen-bond acceptors (Lipinski definition) is 5. The van der Waals surface area contributed by atoms with Gasteiger partial charge in [-0.25, -0.2) is 0 Å². The predicted molar refractivity (Wildman–Crippen MR) is 55.1 cm³/mol. The van der Waals surface area contributed by atoms with Crippen molar-refractivity contribution in [3.05, 3.63) is 27.5 Å². The molecular formula is C8H10ClN3O3. The normalized spacial score (nSPS) is 10.0. The van der Waals surface area contributed by atoms with E-state index in [0.29, 0.717) is 19.6 Å². The molecule has 0 unspecified atom stereocenters. The number of nitrogens with two attached hydrogens (primary N) is 1. The minimum atomic E-state index is -0.587. The second-order valence-corrected chi connectivity index (χ2v) is 3.12. The van der Waals surface area contributed by atoms with Crippen LogP contribution in [0.5, 0.6) is 5.75 Å². The molecule has 1 heterocycles. The quantitative estimate of drug-likeness (QED) is 0.469. The summed E-state index contributed by atoms with van der Waals surface area (Å²) in [7, 11) is 0. The molecule has 0 atom stereocenters. The second-order valence-electron chi connectivity index (χ2n) is 2.72. The summed E-state index contributed by atoms with van der Waals surface area (Å²) in [6.45, 7) is 0.748. The second kappa shape index (κ2) is 5.47. The Hall–Kier alpha value is -1.40. The van der Waals surface area contributed by atoms with Crippen LogP contribution in [0.1, 0.15) is 6.42 Å². The van der Waals surface area contributed by atoms with Gasteiger partial charge in [-0.3, -0.25) is 15.1 Å². The van der Waals surface area contributed by atoms with Crippen molar-refractivity contribution >= 4 is 17.3 Å². The van der Waals surface area contributed by atoms with E-state index in [1.165, 1.54) is 6.20 Å². The van der Waals surface area contributed by atoms with Crippen molar-refractivity contribution < 1.29 is 9.66 Å². The number of rotatable bonds is 5. The Morgan fingerprint density at radius 1 is 1.60 bits per heavy atom. The first-order chi connectivity index (χ1) is 7.16. The molecule has 0 radical (unpaired) electrons. The van der Waals surface area contributed by atoms with Gasteiger partial charge in [-0.2, -0.15) is 0 Å². The van der Waals surface area contributed by atoms with Crippen molar-refractivity contribution in [1.29, 1.82) is 0 Å². The number of halogens is 1. The zero-order valence-corrected chi connectivity index (χ0v) is 8.61. The van der Waals surface area contributed by atoms with Gasteiger partial charge in [-0.1, -0.05) is 11.6 Å². The molecule has 0 spiro atoms. The van der Waals surface area contributed by atoms with Gasteiger partial charge < -0.3 is 10.5 Å². The lowest BCUT2D eigenvalue weighted by Gasteiger charge is -2.06. The Labute approximate surface area is 91.2 Å². The third kappa shape index (κ3) is 3.03. The van der Waals surface area contributed by atoms with Crippen LogP contribution in [0.4, 0.5) is 5.69 Å². The average molecular weight is 232 g/mol. The van der Waals surface area contributed by atoms with Crippen LogP contribution in [0.25, 0.3) is 0 Å². The van der Waals surface area contributed by atoms with E-state index in [1.54, 1.807) is 0 Å². The topological polar surface area (TPSA) is 91.3 Å². The highest BCUT2D eigenvalue weighted by molar-refractivity contribution is 6.32. The van der Waals surface area contributed by atoms with Gasteiger partial charge in [0.2, 0.25) is 5.75 Å². The Balaban J connectivity index is 2.87. The summed E-state index contributed by atoms with van der Waals surface area (Å²) >= 11 is 5.73. The van der Waals surface area contributed by atoms with Gasteiger partial charge in [-0.05, 0) is 13.0 Å². The summed E-state index contributed by atoms with van der Waals surface area (Å²) in [6.07, 6.45) is 3.01. The SMILES string of the molecule is NCCCOc1c(Cl)cncc1[N+](=O)[O-]. The molecule has 0 aliphatic carbocycles. The smallest absolute Gasteiger partial charge is 0.330 e. The Morgan fingerprint density at radius 3 is 2.93 bits per heavy atom. The number of pyridine rings is 1. The average Bonchev–Trinajstić information content (AvgIpc) is 2.20. The summed E-state index contributed by atoms with van der Waals surface area (Å²) in [4.78, 5) is 13.6. The fourth-order valence-corrected chi connectivity index (χ4v) is 1.15. The van der Waals surface area contributed by atoms with E-state index in [1.807, 2.05) is 0 Å². The predicted octanol–water partition coefficient (Wildman–Crippen LogP) is 1.37. The molecule has 6 nitrogen and oxygen atoms in total. The standard InChI is InChI=1S/C8H10ClN3O3/c9-6-4-11-5-7(12(13)14)8(6)15-3-1-2-10/h4-5H,1-3,10H2. The van der Waals surface area contributed by atoms with Gasteiger partial charge >= 0.3 is 5.69 Å². The fourth-order valence-electron chi connectivity index (χ4n) is 0.943. The molecule has 15 heavy (non-hydrogen) atoms. The van der Waals surface area contributed by atoms with Crippen LogP contribution in [0.2, 0.25) is 5.02 Å². The Bertz CT molecular complexity index is 359. The molecule has 1 aromatic rings. The molecule has 0 aromatic carbocycles. The van der Waals surface area contributed by atoms with E-state index >= 15 is 0 Å². The van der Waals surface area contributed by atoms with E-state index in [-0.39, 0.29) is 16.5 Å². The van der Waals surface area contributed by atoms with Gasteiger partial charge in [0.25, 0.3) is 0 Å². The van der Waals surface area contributed by atoms with Crippen molar-refractivity contribution in [1.82, 2.24) is 4.98 Å². The zero-order chi connectivity index (χ0) is 11.3. The molecule has 0 bridgehead atoms. The monoisotopic (exact) mass is 231 g/mol. The minimum Gasteiger partial charge on any atom is -0.486 e. The summed E-state index contributed by atoms with van der Waals surface area (Å²) in [5, 5.41) is 10.7. The molecule has 82 valence electrons. The maximum atomic E-state index is 10.6. The molecule has 0 aliphatic rings. The number of aromatic nitrogens is 1. The molecule has 7 heteroatoms. The molecule has 2 N–H and O–H groups in total. The molecule has 1 aromatic heterocycles. The number of nitro groups is 1. The molecule has 1 rings (SSSR count). The van der Waals surface area contributed by atoms with Gasteiger partial charge in [0.15, 0.2) is 0 Å². The highest BCUT2D eigenvalue weighted by Crippen LogP contribution is 2.33. The zero-order valence-electron chi connectivity index (χ0n) is 7.85. The van der Waals surface area contributed by atoms with Crippen LogP contribution in [0.15, 0.2) is 12.4 Å². The molecule has 0 saturated heterocycles. The maximum Gasteiger partial charge on any atom is 0.330 e. The van der Waals surface area contributed by atoms with Crippen molar-refractivity contribution in [2.24, 2.45) is 5.73 Å². The molecule has 0 saturated carbocycles. The lowest BCUT2D eigenvalue weighted by Crippen LogP contribution is -2.07. The van der Waals surface area contributed by atoms with Crippen LogP contribution in [-0.2, 0) is 0 Å². The van der Waals surface area contributed by atoms with E-state index in [2.05, 4.69) is 4.98 Å². The van der Waals surface area contributed by atoms with Crippen LogP contribution in [0, 0.1) is 10.1 Å². The molecule has 0 amide bonds. The van der Waals surface area contributed by atoms with Crippen molar-refractivity contribution in [3.8, 4) is 5.75 Å². The van der Waals surface area contributed by atoms with E-state index in [4.69, 9.17) is 22.1 Å². The maximum absolute atomic E-state index is 10.6. The first-order valence-electron chi connectivity index (χ1n) is 4.27. The molecule has 0 fully saturated rings. The third-order valence-corrected chi connectivity index (χ3v) is 1.90. The minimum absolute atomic E-state index is 0.0464. The van der Waals surface area contributed by atoms with Gasteiger partial charge in [-0.15, -0.1) is 0 Å². The van der Waals surface area contributed by atoms with E-state index in [9.17, 15) is 10.1 Å². The highest BCUT2D eigenvalue weighted by atomic mass is 35.5.